The van der Waals surface area contributed by atoms with E-state index in [1.54, 1.807) is 7.11 Å². The van der Waals surface area contributed by atoms with E-state index in [1.807, 2.05) is 38.1 Å². The number of oxazole rings is 1. The fourth-order valence-corrected chi connectivity index (χ4v) is 2.96. The van der Waals surface area contributed by atoms with Gasteiger partial charge in [0.15, 0.2) is 0 Å². The summed E-state index contributed by atoms with van der Waals surface area (Å²) in [5, 5.41) is 2.80. The van der Waals surface area contributed by atoms with Gasteiger partial charge < -0.3 is 14.5 Å². The highest BCUT2D eigenvalue weighted by Crippen LogP contribution is 2.27. The molecule has 1 aromatic carbocycles. The first-order valence-corrected chi connectivity index (χ1v) is 8.26. The molecule has 1 aromatic heterocycles. The number of benzene rings is 1. The van der Waals surface area contributed by atoms with Gasteiger partial charge in [-0.3, -0.25) is 9.69 Å². The van der Waals surface area contributed by atoms with Crippen molar-refractivity contribution < 1.29 is 18.7 Å². The molecule has 1 fully saturated rings. The van der Waals surface area contributed by atoms with Crippen molar-refractivity contribution in [3.8, 4) is 17.2 Å². The third-order valence-corrected chi connectivity index (χ3v) is 4.66. The summed E-state index contributed by atoms with van der Waals surface area (Å²) in [7, 11) is 1.60. The van der Waals surface area contributed by atoms with Crippen molar-refractivity contribution in [2.24, 2.45) is 0 Å². The largest absolute Gasteiger partial charge is 0.497 e. The minimum absolute atomic E-state index is 0.0894. The van der Waals surface area contributed by atoms with E-state index in [0.29, 0.717) is 24.4 Å². The van der Waals surface area contributed by atoms with Crippen LogP contribution >= 0.6 is 0 Å². The minimum Gasteiger partial charge on any atom is -0.497 e. The Morgan fingerprint density at radius 3 is 2.44 bits per heavy atom. The van der Waals surface area contributed by atoms with E-state index < -0.39 is 5.54 Å². The number of carbonyl (C=O) groups is 2. The summed E-state index contributed by atoms with van der Waals surface area (Å²) in [6.45, 7) is 3.87. The lowest BCUT2D eigenvalue weighted by Gasteiger charge is -2.22. The van der Waals surface area contributed by atoms with E-state index in [-0.39, 0.29) is 18.5 Å². The fourth-order valence-electron chi connectivity index (χ4n) is 2.96. The number of nitrogens with one attached hydrogen (secondary N) is 1. The number of imide groups is 1. The molecule has 0 unspecified atom stereocenters. The summed E-state index contributed by atoms with van der Waals surface area (Å²) in [4.78, 5) is 30.4. The average molecular weight is 343 g/mol. The highest BCUT2D eigenvalue weighted by molar-refractivity contribution is 6.06. The van der Waals surface area contributed by atoms with Crippen LogP contribution in [-0.2, 0) is 11.3 Å². The Kier molecular flexibility index (Phi) is 4.48. The summed E-state index contributed by atoms with van der Waals surface area (Å²) in [5.41, 5.74) is 0.512. The molecule has 3 amide bonds. The molecule has 25 heavy (non-hydrogen) atoms. The first kappa shape index (κ1) is 17.0. The van der Waals surface area contributed by atoms with Crippen molar-refractivity contribution in [3.63, 3.8) is 0 Å². The zero-order valence-electron chi connectivity index (χ0n) is 14.5. The second-order valence-corrected chi connectivity index (χ2v) is 5.98. The van der Waals surface area contributed by atoms with Gasteiger partial charge in [0.2, 0.25) is 5.89 Å². The standard InChI is InChI=1S/C18H21N3O4/c1-4-18(5-2)16(22)21(17(23)20-18)10-13-11-25-15(19-13)12-6-8-14(24-3)9-7-12/h6-9,11H,4-5,10H2,1-3H3,(H,20,23). The van der Waals surface area contributed by atoms with Crippen molar-refractivity contribution in [3.05, 3.63) is 36.2 Å². The summed E-state index contributed by atoms with van der Waals surface area (Å²) in [6.07, 6.45) is 2.58. The van der Waals surface area contributed by atoms with Gasteiger partial charge in [-0.2, -0.15) is 0 Å². The van der Waals surface area contributed by atoms with Gasteiger partial charge in [-0.1, -0.05) is 13.8 Å². The number of rotatable bonds is 6. The van der Waals surface area contributed by atoms with Gasteiger partial charge in [0.25, 0.3) is 5.91 Å². The molecule has 1 N–H and O–H groups in total. The van der Waals surface area contributed by atoms with Crippen LogP contribution < -0.4 is 10.1 Å². The average Bonchev–Trinajstić information content (AvgIpc) is 3.20. The van der Waals surface area contributed by atoms with Crippen LogP contribution in [0.1, 0.15) is 32.4 Å². The Morgan fingerprint density at radius 2 is 1.88 bits per heavy atom. The molecule has 0 aliphatic carbocycles. The van der Waals surface area contributed by atoms with Crippen LogP contribution in [0.25, 0.3) is 11.5 Å². The summed E-state index contributed by atoms with van der Waals surface area (Å²) in [5.74, 6) is 0.962. The molecule has 7 nitrogen and oxygen atoms in total. The van der Waals surface area contributed by atoms with Gasteiger partial charge in [-0.25, -0.2) is 9.78 Å². The third-order valence-electron chi connectivity index (χ3n) is 4.66. The molecular formula is C18H21N3O4. The first-order chi connectivity index (χ1) is 12.0. The molecule has 3 rings (SSSR count). The molecule has 1 aliphatic rings. The molecule has 0 bridgehead atoms. The highest BCUT2D eigenvalue weighted by atomic mass is 16.5. The van der Waals surface area contributed by atoms with Crippen LogP contribution in [0.5, 0.6) is 5.75 Å². The van der Waals surface area contributed by atoms with Gasteiger partial charge in [-0.05, 0) is 37.1 Å². The molecule has 0 spiro atoms. The van der Waals surface area contributed by atoms with Gasteiger partial charge in [0.1, 0.15) is 17.6 Å². The molecule has 0 radical (unpaired) electrons. The second kappa shape index (κ2) is 6.58. The molecule has 7 heteroatoms. The molecule has 0 saturated carbocycles. The van der Waals surface area contributed by atoms with E-state index in [0.717, 1.165) is 11.3 Å². The lowest BCUT2D eigenvalue weighted by atomic mass is 9.93. The highest BCUT2D eigenvalue weighted by Gasteiger charge is 2.48. The van der Waals surface area contributed by atoms with Crippen LogP contribution in [0.2, 0.25) is 0 Å². The van der Waals surface area contributed by atoms with E-state index >= 15 is 0 Å². The SMILES string of the molecule is CCC1(CC)NC(=O)N(Cc2coc(-c3ccc(OC)cc3)n2)C1=O. The lowest BCUT2D eigenvalue weighted by Crippen LogP contribution is -2.45. The van der Waals surface area contributed by atoms with Crippen LogP contribution in [0.4, 0.5) is 4.79 Å². The summed E-state index contributed by atoms with van der Waals surface area (Å²) < 4.78 is 10.6. The molecule has 1 saturated heterocycles. The van der Waals surface area contributed by atoms with E-state index in [9.17, 15) is 9.59 Å². The van der Waals surface area contributed by atoms with Gasteiger partial charge in [0.05, 0.1) is 19.3 Å². The Bertz CT molecular complexity index is 778. The predicted octanol–water partition coefficient (Wildman–Crippen LogP) is 2.96. The van der Waals surface area contributed by atoms with Gasteiger partial charge in [-0.15, -0.1) is 0 Å². The molecule has 132 valence electrons. The Hall–Kier alpha value is -2.83. The van der Waals surface area contributed by atoms with Crippen molar-refractivity contribution in [2.45, 2.75) is 38.8 Å². The Balaban J connectivity index is 1.77. The number of hydrogen-bond donors (Lipinski definition) is 1. The number of methoxy groups -OCH3 is 1. The van der Waals surface area contributed by atoms with Crippen LogP contribution in [0.15, 0.2) is 34.9 Å². The summed E-state index contributed by atoms with van der Waals surface area (Å²) >= 11 is 0. The molecule has 1 aliphatic heterocycles. The predicted molar refractivity (Wildman–Crippen MR) is 90.9 cm³/mol. The maximum atomic E-state index is 12.6. The molecule has 2 heterocycles. The zero-order chi connectivity index (χ0) is 18.0. The zero-order valence-corrected chi connectivity index (χ0v) is 14.5. The third kappa shape index (κ3) is 2.97. The van der Waals surface area contributed by atoms with Crippen LogP contribution in [0.3, 0.4) is 0 Å². The Morgan fingerprint density at radius 1 is 1.20 bits per heavy atom. The van der Waals surface area contributed by atoms with Crippen LogP contribution in [-0.4, -0.2) is 34.5 Å². The van der Waals surface area contributed by atoms with E-state index in [1.165, 1.54) is 11.2 Å². The monoisotopic (exact) mass is 343 g/mol. The number of aromatic nitrogens is 1. The molecule has 0 atom stereocenters. The fraction of sp³-hybridized carbons (Fsp3) is 0.389. The van der Waals surface area contributed by atoms with Gasteiger partial charge >= 0.3 is 6.03 Å². The lowest BCUT2D eigenvalue weighted by molar-refractivity contribution is -0.132. The van der Waals surface area contributed by atoms with Crippen molar-refractivity contribution in [2.75, 3.05) is 7.11 Å². The molecular weight excluding hydrogens is 322 g/mol. The number of carbonyl (C=O) groups excluding carboxylic acids is 2. The number of amides is 3. The minimum atomic E-state index is -0.806. The van der Waals surface area contributed by atoms with Crippen molar-refractivity contribution in [1.29, 1.82) is 0 Å². The second-order valence-electron chi connectivity index (χ2n) is 5.98. The number of urea groups is 1. The molecule has 2 aromatic rings. The number of hydrogen-bond acceptors (Lipinski definition) is 5. The summed E-state index contributed by atoms with van der Waals surface area (Å²) in [6, 6.07) is 6.91. The smallest absolute Gasteiger partial charge is 0.325 e. The van der Waals surface area contributed by atoms with E-state index in [4.69, 9.17) is 9.15 Å². The van der Waals surface area contributed by atoms with Gasteiger partial charge in [0, 0.05) is 5.56 Å². The quantitative estimate of drug-likeness (QED) is 0.815. The topological polar surface area (TPSA) is 84.7 Å². The number of nitrogens with zero attached hydrogens (tertiary/aromatic N) is 2. The van der Waals surface area contributed by atoms with E-state index in [2.05, 4.69) is 10.3 Å². The number of ether oxygens (including phenoxy) is 1. The Labute approximate surface area is 146 Å². The first-order valence-electron chi connectivity index (χ1n) is 8.26. The maximum Gasteiger partial charge on any atom is 0.325 e. The van der Waals surface area contributed by atoms with Crippen molar-refractivity contribution in [1.82, 2.24) is 15.2 Å². The van der Waals surface area contributed by atoms with Crippen LogP contribution in [0, 0.1) is 0 Å². The maximum absolute atomic E-state index is 12.6. The van der Waals surface area contributed by atoms with Crippen molar-refractivity contribution >= 4 is 11.9 Å². The normalized spacial score (nSPS) is 16.2.